The van der Waals surface area contributed by atoms with Crippen LogP contribution in [-0.2, 0) is 0 Å². The first-order valence-electron chi connectivity index (χ1n) is 13.5. The van der Waals surface area contributed by atoms with Crippen LogP contribution < -0.4 is 9.64 Å². The Morgan fingerprint density at radius 3 is 2.66 bits per heavy atom. The van der Waals surface area contributed by atoms with Gasteiger partial charge in [0, 0.05) is 44.1 Å². The van der Waals surface area contributed by atoms with E-state index in [0.717, 1.165) is 83.9 Å². The third kappa shape index (κ3) is 4.34. The standard InChI is InChI=1S/C28H31N9O/c1-36-11-13-37(14-12-36)28-25-22(9-10-30-28)32-27(33-25)26-24-23(34-35-26)8-7-21(31-24)18-15-20(17-29-16-18)38-19-5-3-2-4-6-19/h7-10,15-17,19H,2-6,11-14H2,1H3,(H,32,33)(H,34,35). The van der Waals surface area contributed by atoms with Crippen molar-refractivity contribution in [3.63, 3.8) is 0 Å². The van der Waals surface area contributed by atoms with Crippen LogP contribution in [0.2, 0.25) is 0 Å². The molecule has 0 aromatic carbocycles. The van der Waals surface area contributed by atoms with Gasteiger partial charge in [-0.15, -0.1) is 0 Å². The number of hydrogen-bond donors (Lipinski definition) is 2. The first-order chi connectivity index (χ1) is 18.7. The predicted molar refractivity (Wildman–Crippen MR) is 147 cm³/mol. The van der Waals surface area contributed by atoms with Gasteiger partial charge in [0.15, 0.2) is 17.3 Å². The van der Waals surface area contributed by atoms with Gasteiger partial charge >= 0.3 is 0 Å². The second-order valence-corrected chi connectivity index (χ2v) is 10.4. The summed E-state index contributed by atoms with van der Waals surface area (Å²) in [4.78, 5) is 27.1. The van der Waals surface area contributed by atoms with E-state index < -0.39 is 0 Å². The van der Waals surface area contributed by atoms with Crippen LogP contribution >= 0.6 is 0 Å². The Morgan fingerprint density at radius 2 is 1.79 bits per heavy atom. The van der Waals surface area contributed by atoms with Crippen molar-refractivity contribution < 1.29 is 4.74 Å². The smallest absolute Gasteiger partial charge is 0.161 e. The minimum absolute atomic E-state index is 0.273. The van der Waals surface area contributed by atoms with Crippen molar-refractivity contribution in [3.05, 3.63) is 42.9 Å². The Morgan fingerprint density at radius 1 is 0.921 bits per heavy atom. The van der Waals surface area contributed by atoms with Crippen LogP contribution in [-0.4, -0.2) is 79.3 Å². The number of ether oxygens (including phenoxy) is 1. The number of H-pyrrole nitrogens is 2. The quantitative estimate of drug-likeness (QED) is 0.358. The first kappa shape index (κ1) is 23.1. The van der Waals surface area contributed by atoms with Gasteiger partial charge < -0.3 is 19.5 Å². The summed E-state index contributed by atoms with van der Waals surface area (Å²) in [6.07, 6.45) is 11.7. The summed E-state index contributed by atoms with van der Waals surface area (Å²) in [5.41, 5.74) is 5.82. The lowest BCUT2D eigenvalue weighted by molar-refractivity contribution is 0.154. The van der Waals surface area contributed by atoms with Crippen LogP contribution in [0.5, 0.6) is 5.75 Å². The molecule has 5 aromatic rings. The molecular formula is C28H31N9O. The molecule has 38 heavy (non-hydrogen) atoms. The number of aromatic amines is 2. The topological polar surface area (TPSA) is 112 Å². The Kier molecular flexibility index (Phi) is 5.88. The van der Waals surface area contributed by atoms with E-state index >= 15 is 0 Å². The molecule has 1 saturated carbocycles. The van der Waals surface area contributed by atoms with Gasteiger partial charge in [0.25, 0.3) is 0 Å². The molecule has 1 aliphatic carbocycles. The average Bonchev–Trinajstić information content (AvgIpc) is 3.58. The maximum absolute atomic E-state index is 6.25. The number of piperazine rings is 1. The molecule has 2 N–H and O–H groups in total. The summed E-state index contributed by atoms with van der Waals surface area (Å²) in [5, 5.41) is 7.69. The van der Waals surface area contributed by atoms with Gasteiger partial charge in [0.05, 0.1) is 29.0 Å². The van der Waals surface area contributed by atoms with E-state index in [1.807, 2.05) is 36.7 Å². The lowest BCUT2D eigenvalue weighted by Crippen LogP contribution is -2.44. The average molecular weight is 510 g/mol. The van der Waals surface area contributed by atoms with E-state index in [4.69, 9.17) is 14.7 Å². The predicted octanol–water partition coefficient (Wildman–Crippen LogP) is 4.42. The van der Waals surface area contributed by atoms with E-state index in [1.54, 1.807) is 6.20 Å². The molecule has 0 spiro atoms. The van der Waals surface area contributed by atoms with Crippen molar-refractivity contribution in [2.45, 2.75) is 38.2 Å². The molecule has 5 aromatic heterocycles. The number of hydrogen-bond acceptors (Lipinski definition) is 8. The van der Waals surface area contributed by atoms with E-state index in [0.29, 0.717) is 11.5 Å². The summed E-state index contributed by atoms with van der Waals surface area (Å²) in [6, 6.07) is 7.98. The molecule has 194 valence electrons. The molecule has 1 aliphatic heterocycles. The number of likely N-dealkylation sites (N-methyl/N-ethyl adjacent to an activating group) is 1. The van der Waals surface area contributed by atoms with Crippen LogP contribution in [0, 0.1) is 0 Å². The van der Waals surface area contributed by atoms with Gasteiger partial charge in [-0.2, -0.15) is 5.10 Å². The van der Waals surface area contributed by atoms with Crippen LogP contribution in [0.15, 0.2) is 42.9 Å². The Labute approximate surface area is 220 Å². The van der Waals surface area contributed by atoms with Crippen LogP contribution in [0.25, 0.3) is 44.8 Å². The largest absolute Gasteiger partial charge is 0.489 e. The monoisotopic (exact) mass is 509 g/mol. The minimum Gasteiger partial charge on any atom is -0.489 e. The Balaban J connectivity index is 1.22. The van der Waals surface area contributed by atoms with Gasteiger partial charge in [0.2, 0.25) is 0 Å². The highest BCUT2D eigenvalue weighted by atomic mass is 16.5. The van der Waals surface area contributed by atoms with Gasteiger partial charge in [-0.3, -0.25) is 10.1 Å². The van der Waals surface area contributed by atoms with Crippen molar-refractivity contribution in [3.8, 4) is 28.5 Å². The van der Waals surface area contributed by atoms with Gasteiger partial charge in [-0.25, -0.2) is 15.0 Å². The van der Waals surface area contributed by atoms with Gasteiger partial charge in [-0.1, -0.05) is 6.42 Å². The molecule has 0 unspecified atom stereocenters. The molecule has 1 saturated heterocycles. The van der Waals surface area contributed by atoms with Crippen molar-refractivity contribution in [2.75, 3.05) is 38.1 Å². The van der Waals surface area contributed by atoms with E-state index in [1.165, 1.54) is 19.3 Å². The zero-order valence-corrected chi connectivity index (χ0v) is 21.5. The number of anilines is 1. The molecule has 0 bridgehead atoms. The number of nitrogens with one attached hydrogen (secondary N) is 2. The fourth-order valence-corrected chi connectivity index (χ4v) is 5.51. The summed E-state index contributed by atoms with van der Waals surface area (Å²) in [6.45, 7) is 3.87. The lowest BCUT2D eigenvalue weighted by Gasteiger charge is -2.33. The molecule has 2 aliphatic rings. The number of fused-ring (bicyclic) bond motifs is 2. The van der Waals surface area contributed by atoms with E-state index in [-0.39, 0.29) is 6.10 Å². The Bertz CT molecular complexity index is 1580. The third-order valence-electron chi connectivity index (χ3n) is 7.68. The molecule has 10 nitrogen and oxygen atoms in total. The molecular weight excluding hydrogens is 478 g/mol. The molecule has 0 atom stereocenters. The zero-order chi connectivity index (χ0) is 25.5. The molecule has 0 radical (unpaired) electrons. The maximum atomic E-state index is 6.25. The van der Waals surface area contributed by atoms with Crippen molar-refractivity contribution in [1.29, 1.82) is 0 Å². The number of aromatic nitrogens is 7. The highest BCUT2D eigenvalue weighted by Crippen LogP contribution is 2.31. The number of rotatable bonds is 5. The second-order valence-electron chi connectivity index (χ2n) is 10.4. The molecule has 0 amide bonds. The summed E-state index contributed by atoms with van der Waals surface area (Å²) in [5.74, 6) is 2.38. The molecule has 6 heterocycles. The number of pyridine rings is 3. The first-order valence-corrected chi connectivity index (χ1v) is 13.5. The molecule has 2 fully saturated rings. The van der Waals surface area contributed by atoms with Gasteiger partial charge in [0.1, 0.15) is 16.8 Å². The third-order valence-corrected chi connectivity index (χ3v) is 7.68. The SMILES string of the molecule is CN1CCN(c2nccc3[nH]c(-c4n[nH]c5ccc(-c6cncc(OC7CCCCC7)c6)nc45)nc23)CC1. The number of imidazole rings is 1. The highest BCUT2D eigenvalue weighted by molar-refractivity contribution is 5.94. The summed E-state index contributed by atoms with van der Waals surface area (Å²) in [7, 11) is 2.15. The van der Waals surface area contributed by atoms with E-state index in [9.17, 15) is 0 Å². The van der Waals surface area contributed by atoms with Crippen molar-refractivity contribution >= 4 is 27.9 Å². The minimum atomic E-state index is 0.273. The van der Waals surface area contributed by atoms with Gasteiger partial charge in [-0.05, 0) is 57.0 Å². The normalized spacial score (nSPS) is 17.4. The fraction of sp³-hybridized carbons (Fsp3) is 0.393. The maximum Gasteiger partial charge on any atom is 0.161 e. The van der Waals surface area contributed by atoms with Crippen molar-refractivity contribution in [1.82, 2.24) is 40.0 Å². The molecule has 10 heteroatoms. The summed E-state index contributed by atoms with van der Waals surface area (Å²) >= 11 is 0. The van der Waals surface area contributed by atoms with E-state index in [2.05, 4.69) is 42.0 Å². The second kappa shape index (κ2) is 9.68. The van der Waals surface area contributed by atoms with Crippen molar-refractivity contribution in [2.24, 2.45) is 0 Å². The fourth-order valence-electron chi connectivity index (χ4n) is 5.51. The van der Waals surface area contributed by atoms with Crippen LogP contribution in [0.1, 0.15) is 32.1 Å². The summed E-state index contributed by atoms with van der Waals surface area (Å²) < 4.78 is 6.25. The zero-order valence-electron chi connectivity index (χ0n) is 21.5. The number of nitrogens with zero attached hydrogens (tertiary/aromatic N) is 7. The van der Waals surface area contributed by atoms with Crippen LogP contribution in [0.4, 0.5) is 5.82 Å². The lowest BCUT2D eigenvalue weighted by atomic mass is 9.98. The van der Waals surface area contributed by atoms with Crippen LogP contribution in [0.3, 0.4) is 0 Å². The Hall–Kier alpha value is -4.05. The molecule has 7 rings (SSSR count). The highest BCUT2D eigenvalue weighted by Gasteiger charge is 2.22.